The minimum absolute atomic E-state index is 0.102. The summed E-state index contributed by atoms with van der Waals surface area (Å²) in [6, 6.07) is 4.80. The first kappa shape index (κ1) is 14.2. The van der Waals surface area contributed by atoms with Gasteiger partial charge in [0.05, 0.1) is 6.10 Å². The first-order valence-corrected chi connectivity index (χ1v) is 6.51. The maximum absolute atomic E-state index is 10.2. The number of aromatic hydroxyl groups is 5. The van der Waals surface area contributed by atoms with E-state index in [2.05, 4.69) is 0 Å². The summed E-state index contributed by atoms with van der Waals surface area (Å²) in [6.45, 7) is 0. The maximum atomic E-state index is 10.2. The molecular weight excluding hydrogens is 292 g/mol. The van der Waals surface area contributed by atoms with Gasteiger partial charge in [-0.2, -0.15) is 0 Å². The molecule has 0 unspecified atom stereocenters. The van der Waals surface area contributed by atoms with Crippen molar-refractivity contribution in [3.05, 3.63) is 35.4 Å². The van der Waals surface area contributed by atoms with Crippen LogP contribution < -0.4 is 4.74 Å². The van der Waals surface area contributed by atoms with Crippen LogP contribution >= 0.6 is 0 Å². The van der Waals surface area contributed by atoms with Gasteiger partial charge in [-0.15, -0.1) is 0 Å². The van der Waals surface area contributed by atoms with Crippen LogP contribution in [-0.4, -0.2) is 36.7 Å². The Morgan fingerprint density at radius 1 is 0.864 bits per heavy atom. The first-order valence-electron chi connectivity index (χ1n) is 6.51. The van der Waals surface area contributed by atoms with E-state index >= 15 is 0 Å². The third-order valence-corrected chi connectivity index (χ3v) is 3.57. The van der Waals surface area contributed by atoms with E-state index in [-0.39, 0.29) is 29.2 Å². The summed E-state index contributed by atoms with van der Waals surface area (Å²) in [5.74, 6) is -2.08. The highest BCUT2D eigenvalue weighted by Crippen LogP contribution is 2.45. The lowest BCUT2D eigenvalue weighted by atomic mass is 9.94. The Bertz CT molecular complexity index is 718. The lowest BCUT2D eigenvalue weighted by Crippen LogP contribution is -2.30. The van der Waals surface area contributed by atoms with Crippen LogP contribution in [0, 0.1) is 0 Å². The number of hydrogen-bond donors (Lipinski definition) is 6. The molecule has 0 spiro atoms. The molecule has 0 aliphatic carbocycles. The number of phenolic OH excluding ortho intramolecular Hbond substituents is 5. The summed E-state index contributed by atoms with van der Waals surface area (Å²) in [5.41, 5.74) is 0.673. The average molecular weight is 306 g/mol. The molecule has 2 aromatic carbocycles. The predicted molar refractivity (Wildman–Crippen MR) is 74.3 cm³/mol. The van der Waals surface area contributed by atoms with Crippen molar-refractivity contribution in [2.45, 2.75) is 18.6 Å². The Balaban J connectivity index is 2.03. The molecule has 22 heavy (non-hydrogen) atoms. The van der Waals surface area contributed by atoms with Gasteiger partial charge in [0.2, 0.25) is 0 Å². The van der Waals surface area contributed by atoms with Crippen LogP contribution in [0.2, 0.25) is 0 Å². The molecule has 1 heterocycles. The molecule has 116 valence electrons. The summed E-state index contributed by atoms with van der Waals surface area (Å²) < 4.78 is 5.55. The van der Waals surface area contributed by atoms with Crippen molar-refractivity contribution in [3.63, 3.8) is 0 Å². The van der Waals surface area contributed by atoms with Crippen LogP contribution in [0.5, 0.6) is 34.5 Å². The molecule has 7 heteroatoms. The van der Waals surface area contributed by atoms with Gasteiger partial charge in [0.15, 0.2) is 34.9 Å². The largest absolute Gasteiger partial charge is 0.508 e. The molecule has 0 saturated heterocycles. The number of phenols is 5. The average Bonchev–Trinajstić information content (AvgIpc) is 2.43. The highest BCUT2D eigenvalue weighted by atomic mass is 16.5. The van der Waals surface area contributed by atoms with Crippen molar-refractivity contribution < 1.29 is 35.4 Å². The van der Waals surface area contributed by atoms with Gasteiger partial charge in [0, 0.05) is 23.6 Å². The first-order chi connectivity index (χ1) is 10.4. The molecule has 2 aromatic rings. The third-order valence-electron chi connectivity index (χ3n) is 3.57. The summed E-state index contributed by atoms with van der Waals surface area (Å²) in [7, 11) is 0. The Morgan fingerprint density at radius 2 is 1.50 bits per heavy atom. The number of fused-ring (bicyclic) bond motifs is 1. The quantitative estimate of drug-likeness (QED) is 0.437. The van der Waals surface area contributed by atoms with Crippen LogP contribution in [0.15, 0.2) is 24.3 Å². The molecule has 0 saturated carbocycles. The van der Waals surface area contributed by atoms with E-state index < -0.39 is 29.5 Å². The van der Waals surface area contributed by atoms with Crippen LogP contribution in [0.3, 0.4) is 0 Å². The fourth-order valence-electron chi connectivity index (χ4n) is 2.56. The SMILES string of the molecule is Oc1cc(O)c2c(c1)C[C@@H](O)[C@@H](c1cc(O)c(O)c(O)c1)O2. The van der Waals surface area contributed by atoms with E-state index in [0.29, 0.717) is 5.56 Å². The van der Waals surface area contributed by atoms with Gasteiger partial charge < -0.3 is 35.4 Å². The normalized spacial score (nSPS) is 20.2. The van der Waals surface area contributed by atoms with Gasteiger partial charge in [-0.25, -0.2) is 0 Å². The minimum atomic E-state index is -1.03. The monoisotopic (exact) mass is 306 g/mol. The molecule has 3 rings (SSSR count). The molecular formula is C15H14O7. The number of aliphatic hydroxyl groups is 1. The Hall–Kier alpha value is -2.80. The minimum Gasteiger partial charge on any atom is -0.508 e. The van der Waals surface area contributed by atoms with Crippen LogP contribution in [0.4, 0.5) is 0 Å². The molecule has 1 aliphatic rings. The lowest BCUT2D eigenvalue weighted by Gasteiger charge is -2.31. The molecule has 0 radical (unpaired) electrons. The zero-order valence-corrected chi connectivity index (χ0v) is 11.3. The van der Waals surface area contributed by atoms with E-state index in [9.17, 15) is 30.6 Å². The fraction of sp³-hybridized carbons (Fsp3) is 0.200. The third kappa shape index (κ3) is 2.21. The van der Waals surface area contributed by atoms with Crippen molar-refractivity contribution in [2.75, 3.05) is 0 Å². The summed E-state index contributed by atoms with van der Waals surface area (Å²) in [5, 5.41) is 57.9. The van der Waals surface area contributed by atoms with Gasteiger partial charge >= 0.3 is 0 Å². The van der Waals surface area contributed by atoms with Crippen molar-refractivity contribution >= 4 is 0 Å². The molecule has 2 atom stereocenters. The van der Waals surface area contributed by atoms with Crippen LogP contribution in [-0.2, 0) is 6.42 Å². The van der Waals surface area contributed by atoms with Crippen LogP contribution in [0.1, 0.15) is 17.2 Å². The molecule has 0 aromatic heterocycles. The molecule has 0 amide bonds. The van der Waals surface area contributed by atoms with E-state index in [0.717, 1.165) is 18.2 Å². The number of hydrogen-bond acceptors (Lipinski definition) is 7. The summed E-state index contributed by atoms with van der Waals surface area (Å²) in [6.07, 6.45) is -1.89. The van der Waals surface area contributed by atoms with Gasteiger partial charge in [0.1, 0.15) is 5.75 Å². The number of ether oxygens (including phenoxy) is 1. The second-order valence-corrected chi connectivity index (χ2v) is 5.17. The predicted octanol–water partition coefficient (Wildman–Crippen LogP) is 1.25. The fourth-order valence-corrected chi connectivity index (χ4v) is 2.56. The zero-order valence-electron chi connectivity index (χ0n) is 11.3. The number of aliphatic hydroxyl groups excluding tert-OH is 1. The molecule has 0 bridgehead atoms. The standard InChI is InChI=1S/C15H14O7/c16-8-1-6-4-11(19)15(22-14(6)12(20)5-8)7-2-9(17)13(21)10(18)3-7/h1-3,5,11,15-21H,4H2/t11-,15-/m1/s1. The molecule has 6 N–H and O–H groups in total. The van der Waals surface area contributed by atoms with E-state index in [1.165, 1.54) is 6.07 Å². The van der Waals surface area contributed by atoms with Gasteiger partial charge in [-0.05, 0) is 18.2 Å². The van der Waals surface area contributed by atoms with Crippen molar-refractivity contribution in [1.29, 1.82) is 0 Å². The lowest BCUT2D eigenvalue weighted by molar-refractivity contribution is 0.0187. The molecule has 7 nitrogen and oxygen atoms in total. The van der Waals surface area contributed by atoms with Crippen molar-refractivity contribution in [2.24, 2.45) is 0 Å². The Kier molecular flexibility index (Phi) is 3.14. The molecule has 0 fully saturated rings. The second kappa shape index (κ2) is 4.88. The number of benzene rings is 2. The van der Waals surface area contributed by atoms with Gasteiger partial charge in [-0.1, -0.05) is 0 Å². The van der Waals surface area contributed by atoms with Gasteiger partial charge in [-0.3, -0.25) is 0 Å². The van der Waals surface area contributed by atoms with E-state index in [4.69, 9.17) is 4.74 Å². The van der Waals surface area contributed by atoms with Crippen molar-refractivity contribution in [1.82, 2.24) is 0 Å². The Labute approximate surface area is 124 Å². The van der Waals surface area contributed by atoms with Gasteiger partial charge in [0.25, 0.3) is 0 Å². The van der Waals surface area contributed by atoms with Crippen LogP contribution in [0.25, 0.3) is 0 Å². The smallest absolute Gasteiger partial charge is 0.200 e. The topological polar surface area (TPSA) is 131 Å². The van der Waals surface area contributed by atoms with E-state index in [1.807, 2.05) is 0 Å². The van der Waals surface area contributed by atoms with Crippen molar-refractivity contribution in [3.8, 4) is 34.5 Å². The summed E-state index contributed by atoms with van der Waals surface area (Å²) >= 11 is 0. The maximum Gasteiger partial charge on any atom is 0.200 e. The highest BCUT2D eigenvalue weighted by molar-refractivity contribution is 5.55. The Morgan fingerprint density at radius 3 is 2.14 bits per heavy atom. The second-order valence-electron chi connectivity index (χ2n) is 5.17. The number of rotatable bonds is 1. The summed E-state index contributed by atoms with van der Waals surface area (Å²) in [4.78, 5) is 0. The highest BCUT2D eigenvalue weighted by Gasteiger charge is 2.33. The van der Waals surface area contributed by atoms with E-state index in [1.54, 1.807) is 0 Å². The molecule has 1 aliphatic heterocycles. The zero-order chi connectivity index (χ0) is 16.0.